The number of hydrogen-bond donors (Lipinski definition) is 2. The number of ketones is 1. The van der Waals surface area contributed by atoms with Gasteiger partial charge in [-0.2, -0.15) is 4.98 Å². The number of nitrogens with zero attached hydrogens (tertiary/aromatic N) is 2. The number of benzene rings is 1. The molecule has 20 heavy (non-hydrogen) atoms. The van der Waals surface area contributed by atoms with Gasteiger partial charge in [-0.15, -0.1) is 0 Å². The summed E-state index contributed by atoms with van der Waals surface area (Å²) in [6.07, 6.45) is 2.08. The van der Waals surface area contributed by atoms with Crippen molar-refractivity contribution >= 4 is 17.5 Å². The summed E-state index contributed by atoms with van der Waals surface area (Å²) in [6.45, 7) is 0. The lowest BCUT2D eigenvalue weighted by Gasteiger charge is -2.23. The molecule has 1 unspecified atom stereocenters. The van der Waals surface area contributed by atoms with Gasteiger partial charge in [0.2, 0.25) is 5.95 Å². The molecule has 1 heterocycles. The van der Waals surface area contributed by atoms with E-state index in [1.165, 1.54) is 0 Å². The number of hydrogen-bond acceptors (Lipinski definition) is 5. The molecule has 4 N–H and O–H groups in total. The number of fused-ring (bicyclic) bond motifs is 1. The van der Waals surface area contributed by atoms with Gasteiger partial charge in [-0.25, -0.2) is 4.98 Å². The van der Waals surface area contributed by atoms with E-state index >= 15 is 0 Å². The van der Waals surface area contributed by atoms with Crippen molar-refractivity contribution in [3.63, 3.8) is 0 Å². The van der Waals surface area contributed by atoms with Crippen LogP contribution in [0.15, 0.2) is 30.3 Å². The zero-order valence-electron chi connectivity index (χ0n) is 11.0. The number of anilines is 2. The van der Waals surface area contributed by atoms with E-state index in [0.29, 0.717) is 12.2 Å². The topological polar surface area (TPSA) is 94.9 Å². The van der Waals surface area contributed by atoms with Crippen LogP contribution in [-0.4, -0.2) is 15.8 Å². The SMILES string of the molecule is Nc1nc(N)c2c(n1)CCC(C(=O)c1ccccc1)C2. The van der Waals surface area contributed by atoms with E-state index < -0.39 is 0 Å². The van der Waals surface area contributed by atoms with Crippen LogP contribution in [0.4, 0.5) is 11.8 Å². The molecule has 0 radical (unpaired) electrons. The number of rotatable bonds is 2. The van der Waals surface area contributed by atoms with E-state index in [1.54, 1.807) is 0 Å². The molecule has 1 aromatic heterocycles. The molecule has 0 spiro atoms. The predicted molar refractivity (Wildman–Crippen MR) is 77.1 cm³/mol. The predicted octanol–water partition coefficient (Wildman–Crippen LogP) is 1.63. The fraction of sp³-hybridized carbons (Fsp3) is 0.267. The summed E-state index contributed by atoms with van der Waals surface area (Å²) in [5.41, 5.74) is 14.0. The van der Waals surface area contributed by atoms with Gasteiger partial charge >= 0.3 is 0 Å². The van der Waals surface area contributed by atoms with E-state index in [1.807, 2.05) is 30.3 Å². The fourth-order valence-electron chi connectivity index (χ4n) is 2.72. The molecule has 0 amide bonds. The molecule has 0 fully saturated rings. The highest BCUT2D eigenvalue weighted by Crippen LogP contribution is 2.30. The third kappa shape index (κ3) is 2.22. The van der Waals surface area contributed by atoms with Gasteiger partial charge < -0.3 is 11.5 Å². The summed E-state index contributed by atoms with van der Waals surface area (Å²) in [5.74, 6) is 0.707. The maximum atomic E-state index is 12.5. The van der Waals surface area contributed by atoms with E-state index in [-0.39, 0.29) is 17.6 Å². The first kappa shape index (κ1) is 12.6. The Kier molecular flexibility index (Phi) is 3.10. The van der Waals surface area contributed by atoms with Crippen molar-refractivity contribution in [3.8, 4) is 0 Å². The number of carbonyl (C=O) groups excluding carboxylic acids is 1. The molecule has 1 aliphatic carbocycles. The average Bonchev–Trinajstić information content (AvgIpc) is 2.47. The molecule has 1 atom stereocenters. The van der Waals surface area contributed by atoms with Crippen LogP contribution in [0.2, 0.25) is 0 Å². The Morgan fingerprint density at radius 1 is 1.15 bits per heavy atom. The van der Waals surface area contributed by atoms with Crippen LogP contribution >= 0.6 is 0 Å². The summed E-state index contributed by atoms with van der Waals surface area (Å²) in [4.78, 5) is 20.7. The van der Waals surface area contributed by atoms with Gasteiger partial charge in [0.05, 0.1) is 5.69 Å². The Bertz CT molecular complexity index is 654. The molecule has 102 valence electrons. The zero-order chi connectivity index (χ0) is 14.1. The Morgan fingerprint density at radius 3 is 2.65 bits per heavy atom. The third-order valence-corrected chi connectivity index (χ3v) is 3.75. The van der Waals surface area contributed by atoms with Crippen LogP contribution in [-0.2, 0) is 12.8 Å². The van der Waals surface area contributed by atoms with Crippen LogP contribution < -0.4 is 11.5 Å². The van der Waals surface area contributed by atoms with Crippen LogP contribution in [0, 0.1) is 5.92 Å². The Labute approximate surface area is 117 Å². The Balaban J connectivity index is 1.87. The molecule has 0 saturated carbocycles. The fourth-order valence-corrected chi connectivity index (χ4v) is 2.72. The number of Topliss-reactive ketones (excluding diaryl/α,β-unsaturated/α-hetero) is 1. The van der Waals surface area contributed by atoms with Crippen molar-refractivity contribution in [2.24, 2.45) is 5.92 Å². The minimum atomic E-state index is -0.0561. The number of carbonyl (C=O) groups is 1. The summed E-state index contributed by atoms with van der Waals surface area (Å²) >= 11 is 0. The van der Waals surface area contributed by atoms with Crippen LogP contribution in [0.5, 0.6) is 0 Å². The van der Waals surface area contributed by atoms with E-state index in [4.69, 9.17) is 11.5 Å². The van der Waals surface area contributed by atoms with Crippen molar-refractivity contribution in [2.45, 2.75) is 19.3 Å². The van der Waals surface area contributed by atoms with E-state index in [2.05, 4.69) is 9.97 Å². The van der Waals surface area contributed by atoms with Gasteiger partial charge in [0.1, 0.15) is 5.82 Å². The van der Waals surface area contributed by atoms with Gasteiger partial charge in [-0.1, -0.05) is 30.3 Å². The van der Waals surface area contributed by atoms with Crippen LogP contribution in [0.1, 0.15) is 28.0 Å². The standard InChI is InChI=1S/C15H16N4O/c16-14-11-8-10(6-7-12(11)18-15(17)19-14)13(20)9-4-2-1-3-5-9/h1-5,10H,6-8H2,(H4,16,17,18,19). The number of aryl methyl sites for hydroxylation is 1. The number of nitrogens with two attached hydrogens (primary N) is 2. The van der Waals surface area contributed by atoms with Crippen LogP contribution in [0.25, 0.3) is 0 Å². The van der Waals surface area contributed by atoms with Gasteiger partial charge in [0, 0.05) is 17.0 Å². The quantitative estimate of drug-likeness (QED) is 0.807. The van der Waals surface area contributed by atoms with E-state index in [9.17, 15) is 4.79 Å². The zero-order valence-corrected chi connectivity index (χ0v) is 11.0. The maximum absolute atomic E-state index is 12.5. The third-order valence-electron chi connectivity index (χ3n) is 3.75. The smallest absolute Gasteiger partial charge is 0.222 e. The van der Waals surface area contributed by atoms with Gasteiger partial charge in [-0.3, -0.25) is 4.79 Å². The van der Waals surface area contributed by atoms with Crippen molar-refractivity contribution in [1.29, 1.82) is 0 Å². The summed E-state index contributed by atoms with van der Waals surface area (Å²) < 4.78 is 0. The molecule has 5 heteroatoms. The van der Waals surface area contributed by atoms with Crippen molar-refractivity contribution in [3.05, 3.63) is 47.2 Å². The first-order valence-electron chi connectivity index (χ1n) is 6.65. The second-order valence-corrected chi connectivity index (χ2v) is 5.06. The van der Waals surface area contributed by atoms with Crippen LogP contribution in [0.3, 0.4) is 0 Å². The molecular formula is C15H16N4O. The Morgan fingerprint density at radius 2 is 1.90 bits per heavy atom. The molecule has 0 aliphatic heterocycles. The second kappa shape index (κ2) is 4.92. The van der Waals surface area contributed by atoms with Gasteiger partial charge in [0.15, 0.2) is 5.78 Å². The summed E-state index contributed by atoms with van der Waals surface area (Å²) in [6, 6.07) is 9.35. The highest BCUT2D eigenvalue weighted by molar-refractivity contribution is 5.98. The lowest BCUT2D eigenvalue weighted by atomic mass is 9.82. The molecule has 1 aromatic carbocycles. The van der Waals surface area contributed by atoms with Crippen molar-refractivity contribution in [2.75, 3.05) is 11.5 Å². The minimum Gasteiger partial charge on any atom is -0.383 e. The van der Waals surface area contributed by atoms with Crippen molar-refractivity contribution in [1.82, 2.24) is 9.97 Å². The van der Waals surface area contributed by atoms with Crippen molar-refractivity contribution < 1.29 is 4.79 Å². The number of nitrogen functional groups attached to an aromatic ring is 2. The lowest BCUT2D eigenvalue weighted by Crippen LogP contribution is -2.25. The van der Waals surface area contributed by atoms with Gasteiger partial charge in [-0.05, 0) is 19.3 Å². The largest absolute Gasteiger partial charge is 0.383 e. The summed E-state index contributed by atoms with van der Waals surface area (Å²) in [7, 11) is 0. The molecule has 0 saturated heterocycles. The minimum absolute atomic E-state index is 0.0561. The normalized spacial score (nSPS) is 17.5. The highest BCUT2D eigenvalue weighted by Gasteiger charge is 2.28. The molecule has 2 aromatic rings. The first-order valence-corrected chi connectivity index (χ1v) is 6.65. The molecular weight excluding hydrogens is 252 g/mol. The average molecular weight is 268 g/mol. The summed E-state index contributed by atoms with van der Waals surface area (Å²) in [5, 5.41) is 0. The highest BCUT2D eigenvalue weighted by atomic mass is 16.1. The molecule has 0 bridgehead atoms. The molecule has 3 rings (SSSR count). The molecule has 1 aliphatic rings. The second-order valence-electron chi connectivity index (χ2n) is 5.06. The first-order chi connectivity index (χ1) is 9.65. The monoisotopic (exact) mass is 268 g/mol. The van der Waals surface area contributed by atoms with E-state index in [0.717, 1.165) is 29.7 Å². The lowest BCUT2D eigenvalue weighted by molar-refractivity contribution is 0.0908. The molecule has 5 nitrogen and oxygen atoms in total. The number of aromatic nitrogens is 2. The van der Waals surface area contributed by atoms with Gasteiger partial charge in [0.25, 0.3) is 0 Å². The Hall–Kier alpha value is -2.43. The maximum Gasteiger partial charge on any atom is 0.222 e.